The van der Waals surface area contributed by atoms with Crippen LogP contribution in [0.3, 0.4) is 0 Å². The van der Waals surface area contributed by atoms with Gasteiger partial charge in [-0.15, -0.1) is 0 Å². The zero-order valence-corrected chi connectivity index (χ0v) is 12.9. The predicted molar refractivity (Wildman–Crippen MR) is 76.9 cm³/mol. The van der Waals surface area contributed by atoms with Gasteiger partial charge in [0.15, 0.2) is 0 Å². The second-order valence-corrected chi connectivity index (χ2v) is 5.80. The second-order valence-electron chi connectivity index (χ2n) is 4.09. The van der Waals surface area contributed by atoms with Crippen molar-refractivity contribution in [3.05, 3.63) is 68.1 Å². The molecule has 2 aromatic rings. The number of rotatable bonds is 3. The van der Waals surface area contributed by atoms with Crippen molar-refractivity contribution in [2.24, 2.45) is 0 Å². The van der Waals surface area contributed by atoms with Gasteiger partial charge in [-0.1, -0.05) is 44.0 Å². The van der Waals surface area contributed by atoms with Gasteiger partial charge in [0, 0.05) is 20.9 Å². The summed E-state index contributed by atoms with van der Waals surface area (Å²) in [7, 11) is 0. The van der Waals surface area contributed by atoms with Crippen molar-refractivity contribution < 1.29 is 13.9 Å². The first-order valence-corrected chi connectivity index (χ1v) is 7.13. The van der Waals surface area contributed by atoms with Crippen LogP contribution in [-0.2, 0) is 6.42 Å². The molecule has 0 bridgehead atoms. The Balaban J connectivity index is 2.28. The summed E-state index contributed by atoms with van der Waals surface area (Å²) in [6.07, 6.45) is -0.808. The first kappa shape index (κ1) is 14.6. The third-order valence-corrected chi connectivity index (χ3v) is 4.19. The lowest BCUT2D eigenvalue weighted by atomic mass is 10.0. The van der Waals surface area contributed by atoms with Gasteiger partial charge in [0.25, 0.3) is 0 Å². The molecule has 0 aliphatic heterocycles. The van der Waals surface area contributed by atoms with Crippen LogP contribution in [-0.4, -0.2) is 5.11 Å². The van der Waals surface area contributed by atoms with E-state index in [-0.39, 0.29) is 17.8 Å². The van der Waals surface area contributed by atoms with Crippen LogP contribution in [0, 0.1) is 11.6 Å². The van der Waals surface area contributed by atoms with E-state index in [9.17, 15) is 13.9 Å². The van der Waals surface area contributed by atoms with Crippen LogP contribution in [0.5, 0.6) is 0 Å². The molecule has 0 spiro atoms. The van der Waals surface area contributed by atoms with Gasteiger partial charge in [0.2, 0.25) is 0 Å². The number of aliphatic hydroxyl groups is 1. The zero-order chi connectivity index (χ0) is 14.0. The van der Waals surface area contributed by atoms with Crippen LogP contribution in [0.2, 0.25) is 0 Å². The van der Waals surface area contributed by atoms with E-state index in [0.29, 0.717) is 14.5 Å². The van der Waals surface area contributed by atoms with Gasteiger partial charge >= 0.3 is 0 Å². The van der Waals surface area contributed by atoms with Crippen molar-refractivity contribution in [1.29, 1.82) is 0 Å². The topological polar surface area (TPSA) is 20.2 Å². The molecule has 0 radical (unpaired) electrons. The van der Waals surface area contributed by atoms with E-state index >= 15 is 0 Å². The Morgan fingerprint density at radius 3 is 2.42 bits per heavy atom. The normalized spacial score (nSPS) is 12.5. The lowest BCUT2D eigenvalue weighted by Crippen LogP contribution is -2.06. The number of hydrogen-bond acceptors (Lipinski definition) is 1. The van der Waals surface area contributed by atoms with Gasteiger partial charge in [-0.2, -0.15) is 0 Å². The Hall–Kier alpha value is -0.780. The maximum Gasteiger partial charge on any atom is 0.130 e. The van der Waals surface area contributed by atoms with Crippen LogP contribution in [0.25, 0.3) is 0 Å². The molecular weight excluding hydrogens is 382 g/mol. The molecule has 2 rings (SSSR count). The van der Waals surface area contributed by atoms with E-state index in [0.717, 1.165) is 0 Å². The summed E-state index contributed by atoms with van der Waals surface area (Å²) >= 11 is 6.45. The third-order valence-electron chi connectivity index (χ3n) is 2.76. The van der Waals surface area contributed by atoms with E-state index in [1.54, 1.807) is 18.2 Å². The summed E-state index contributed by atoms with van der Waals surface area (Å²) in [4.78, 5) is 0. The molecule has 19 heavy (non-hydrogen) atoms. The van der Waals surface area contributed by atoms with Gasteiger partial charge < -0.3 is 5.11 Å². The number of halogens is 4. The predicted octanol–water partition coefficient (Wildman–Crippen LogP) is 4.77. The first-order valence-electron chi connectivity index (χ1n) is 5.55. The highest BCUT2D eigenvalue weighted by Crippen LogP contribution is 2.30. The highest BCUT2D eigenvalue weighted by atomic mass is 79.9. The molecular formula is C14H10Br2F2O. The summed E-state index contributed by atoms with van der Waals surface area (Å²) in [6.45, 7) is 0. The number of hydrogen-bond donors (Lipinski definition) is 1. The fraction of sp³-hybridized carbons (Fsp3) is 0.143. The number of aliphatic hydroxyl groups excluding tert-OH is 1. The molecule has 2 aromatic carbocycles. The highest BCUT2D eigenvalue weighted by Gasteiger charge is 2.17. The highest BCUT2D eigenvalue weighted by molar-refractivity contribution is 9.10. The largest absolute Gasteiger partial charge is 0.388 e. The average molecular weight is 392 g/mol. The second kappa shape index (κ2) is 6.11. The average Bonchev–Trinajstić information content (AvgIpc) is 2.32. The first-order chi connectivity index (χ1) is 8.99. The summed E-state index contributed by atoms with van der Waals surface area (Å²) in [5.74, 6) is -0.836. The van der Waals surface area contributed by atoms with E-state index in [4.69, 9.17) is 0 Å². The van der Waals surface area contributed by atoms with Gasteiger partial charge in [0.05, 0.1) is 6.10 Å². The fourth-order valence-electron chi connectivity index (χ4n) is 1.83. The molecule has 0 fully saturated rings. The molecule has 0 aliphatic rings. The van der Waals surface area contributed by atoms with Crippen molar-refractivity contribution in [2.75, 3.05) is 0 Å². The van der Waals surface area contributed by atoms with Gasteiger partial charge in [-0.05, 0) is 29.8 Å². The lowest BCUT2D eigenvalue weighted by Gasteiger charge is -2.15. The van der Waals surface area contributed by atoms with Gasteiger partial charge in [0.1, 0.15) is 11.6 Å². The third kappa shape index (κ3) is 3.41. The molecule has 0 saturated carbocycles. The molecule has 1 N–H and O–H groups in total. The fourth-order valence-corrected chi connectivity index (χ4v) is 2.95. The zero-order valence-electron chi connectivity index (χ0n) is 9.71. The van der Waals surface area contributed by atoms with Crippen LogP contribution < -0.4 is 0 Å². The van der Waals surface area contributed by atoms with E-state index in [1.165, 1.54) is 18.2 Å². The number of benzene rings is 2. The van der Waals surface area contributed by atoms with E-state index in [1.807, 2.05) is 0 Å². The van der Waals surface area contributed by atoms with E-state index in [2.05, 4.69) is 31.9 Å². The summed E-state index contributed by atoms with van der Waals surface area (Å²) < 4.78 is 27.7. The van der Waals surface area contributed by atoms with Crippen molar-refractivity contribution >= 4 is 31.9 Å². The smallest absolute Gasteiger partial charge is 0.130 e. The Morgan fingerprint density at radius 1 is 1.05 bits per heavy atom. The summed E-state index contributed by atoms with van der Waals surface area (Å²) in [5, 5.41) is 10.1. The van der Waals surface area contributed by atoms with E-state index < -0.39 is 11.9 Å². The van der Waals surface area contributed by atoms with Crippen molar-refractivity contribution in [2.45, 2.75) is 12.5 Å². The Labute approximate surface area is 126 Å². The molecule has 5 heteroatoms. The molecule has 0 saturated heterocycles. The van der Waals surface area contributed by atoms with Crippen molar-refractivity contribution in [3.63, 3.8) is 0 Å². The molecule has 0 aromatic heterocycles. The molecule has 0 heterocycles. The minimum absolute atomic E-state index is 0.195. The maximum absolute atomic E-state index is 13.7. The monoisotopic (exact) mass is 390 g/mol. The van der Waals surface area contributed by atoms with Crippen LogP contribution in [0.15, 0.2) is 45.3 Å². The minimum Gasteiger partial charge on any atom is -0.388 e. The Kier molecular flexibility index (Phi) is 4.71. The van der Waals surface area contributed by atoms with Crippen LogP contribution in [0.1, 0.15) is 17.2 Å². The van der Waals surface area contributed by atoms with Crippen LogP contribution in [0.4, 0.5) is 8.78 Å². The molecule has 0 amide bonds. The Morgan fingerprint density at radius 2 is 1.79 bits per heavy atom. The summed E-state index contributed by atoms with van der Waals surface area (Å²) in [5.41, 5.74) is 0.919. The summed E-state index contributed by atoms with van der Waals surface area (Å²) in [6, 6.07) is 8.72. The SMILES string of the molecule is OC(Cc1ccc(F)cc1Br)c1c(F)cccc1Br. The van der Waals surface area contributed by atoms with Gasteiger partial charge in [-0.25, -0.2) is 8.78 Å². The maximum atomic E-state index is 13.7. The van der Waals surface area contributed by atoms with Gasteiger partial charge in [-0.3, -0.25) is 0 Å². The lowest BCUT2D eigenvalue weighted by molar-refractivity contribution is 0.172. The van der Waals surface area contributed by atoms with Crippen molar-refractivity contribution in [3.8, 4) is 0 Å². The standard InChI is InChI=1S/C14H10Br2F2O/c15-10-2-1-3-12(18)14(10)13(19)6-8-4-5-9(17)7-11(8)16/h1-5,7,13,19H,6H2. The molecule has 100 valence electrons. The molecule has 1 nitrogen and oxygen atoms in total. The Bertz CT molecular complexity index is 582. The molecule has 0 aliphatic carbocycles. The van der Waals surface area contributed by atoms with Crippen molar-refractivity contribution in [1.82, 2.24) is 0 Å². The molecule has 1 unspecified atom stereocenters. The molecule has 1 atom stereocenters. The quantitative estimate of drug-likeness (QED) is 0.799. The van der Waals surface area contributed by atoms with Crippen LogP contribution >= 0.6 is 31.9 Å². The minimum atomic E-state index is -1.00.